The normalized spacial score (nSPS) is 19.4. The molecule has 5 heteroatoms. The zero-order valence-corrected chi connectivity index (χ0v) is 10.5. The van der Waals surface area contributed by atoms with Crippen LogP contribution >= 0.6 is 11.3 Å². The molecular weight excluding hydrogens is 238 g/mol. The SMILES string of the molecule is Nc1ccsc1C(=O)OCCCC1CCCO1. The number of hydrogen-bond acceptors (Lipinski definition) is 5. The van der Waals surface area contributed by atoms with Gasteiger partial charge in [-0.15, -0.1) is 11.3 Å². The van der Waals surface area contributed by atoms with E-state index >= 15 is 0 Å². The van der Waals surface area contributed by atoms with E-state index in [1.165, 1.54) is 11.3 Å². The molecule has 0 aliphatic carbocycles. The second-order valence-electron chi connectivity index (χ2n) is 4.12. The summed E-state index contributed by atoms with van der Waals surface area (Å²) in [5.41, 5.74) is 6.13. The van der Waals surface area contributed by atoms with Crippen molar-refractivity contribution >= 4 is 23.0 Å². The van der Waals surface area contributed by atoms with Gasteiger partial charge in [-0.2, -0.15) is 0 Å². The maximum atomic E-state index is 11.6. The van der Waals surface area contributed by atoms with Crippen molar-refractivity contribution < 1.29 is 14.3 Å². The lowest BCUT2D eigenvalue weighted by Gasteiger charge is -2.08. The average molecular weight is 255 g/mol. The quantitative estimate of drug-likeness (QED) is 0.648. The van der Waals surface area contributed by atoms with Crippen molar-refractivity contribution in [3.8, 4) is 0 Å². The van der Waals surface area contributed by atoms with Gasteiger partial charge in [-0.05, 0) is 37.1 Å². The first-order chi connectivity index (χ1) is 8.27. The van der Waals surface area contributed by atoms with Crippen LogP contribution in [0.3, 0.4) is 0 Å². The van der Waals surface area contributed by atoms with Crippen molar-refractivity contribution in [3.05, 3.63) is 16.3 Å². The number of carbonyl (C=O) groups is 1. The standard InChI is InChI=1S/C12H17NO3S/c13-10-5-8-17-11(10)12(14)16-7-2-4-9-3-1-6-15-9/h5,8-9H,1-4,6-7,13H2. The van der Waals surface area contributed by atoms with Crippen LogP contribution in [0.15, 0.2) is 11.4 Å². The molecule has 2 heterocycles. The van der Waals surface area contributed by atoms with Crippen LogP contribution in [0, 0.1) is 0 Å². The maximum absolute atomic E-state index is 11.6. The van der Waals surface area contributed by atoms with E-state index in [0.29, 0.717) is 23.3 Å². The molecule has 0 bridgehead atoms. The summed E-state index contributed by atoms with van der Waals surface area (Å²) in [4.78, 5) is 12.1. The van der Waals surface area contributed by atoms with Crippen LogP contribution in [0.25, 0.3) is 0 Å². The Hall–Kier alpha value is -1.07. The van der Waals surface area contributed by atoms with Gasteiger partial charge < -0.3 is 15.2 Å². The highest BCUT2D eigenvalue weighted by molar-refractivity contribution is 7.12. The average Bonchev–Trinajstić information content (AvgIpc) is 2.95. The van der Waals surface area contributed by atoms with Crippen molar-refractivity contribution in [3.63, 3.8) is 0 Å². The monoisotopic (exact) mass is 255 g/mol. The molecule has 1 unspecified atom stereocenters. The van der Waals surface area contributed by atoms with E-state index in [1.54, 1.807) is 11.4 Å². The van der Waals surface area contributed by atoms with Gasteiger partial charge in [-0.1, -0.05) is 0 Å². The van der Waals surface area contributed by atoms with Crippen LogP contribution in [-0.4, -0.2) is 25.3 Å². The van der Waals surface area contributed by atoms with Crippen LogP contribution in [0.1, 0.15) is 35.4 Å². The summed E-state index contributed by atoms with van der Waals surface area (Å²) in [6, 6.07) is 1.72. The zero-order chi connectivity index (χ0) is 12.1. The summed E-state index contributed by atoms with van der Waals surface area (Å²) in [7, 11) is 0. The maximum Gasteiger partial charge on any atom is 0.350 e. The van der Waals surface area contributed by atoms with Gasteiger partial charge in [0.15, 0.2) is 0 Å². The fourth-order valence-electron chi connectivity index (χ4n) is 1.90. The van der Waals surface area contributed by atoms with Crippen molar-refractivity contribution in [1.29, 1.82) is 0 Å². The molecule has 0 radical (unpaired) electrons. The molecule has 1 atom stereocenters. The van der Waals surface area contributed by atoms with Crippen molar-refractivity contribution in [1.82, 2.24) is 0 Å². The number of nitrogens with two attached hydrogens (primary N) is 1. The van der Waals surface area contributed by atoms with Gasteiger partial charge in [-0.25, -0.2) is 4.79 Å². The Morgan fingerprint density at radius 2 is 2.53 bits per heavy atom. The lowest BCUT2D eigenvalue weighted by molar-refractivity contribution is 0.0467. The molecule has 1 fully saturated rings. The summed E-state index contributed by atoms with van der Waals surface area (Å²) in [6.45, 7) is 1.31. The van der Waals surface area contributed by atoms with E-state index in [-0.39, 0.29) is 5.97 Å². The third-order valence-electron chi connectivity index (χ3n) is 2.81. The Kier molecular flexibility index (Phi) is 4.39. The minimum Gasteiger partial charge on any atom is -0.461 e. The number of hydrogen-bond donors (Lipinski definition) is 1. The third-order valence-corrected chi connectivity index (χ3v) is 3.72. The number of anilines is 1. The van der Waals surface area contributed by atoms with Crippen molar-refractivity contribution in [2.45, 2.75) is 31.8 Å². The second-order valence-corrected chi connectivity index (χ2v) is 5.03. The second kappa shape index (κ2) is 6.02. The van der Waals surface area contributed by atoms with Crippen LogP contribution in [0.4, 0.5) is 5.69 Å². The molecule has 0 spiro atoms. The van der Waals surface area contributed by atoms with E-state index in [2.05, 4.69) is 0 Å². The summed E-state index contributed by atoms with van der Waals surface area (Å²) < 4.78 is 10.7. The van der Waals surface area contributed by atoms with Gasteiger partial charge >= 0.3 is 5.97 Å². The minimum atomic E-state index is -0.315. The molecule has 2 rings (SSSR count). The van der Waals surface area contributed by atoms with Gasteiger partial charge in [0, 0.05) is 6.61 Å². The van der Waals surface area contributed by atoms with Crippen LogP contribution in [0.5, 0.6) is 0 Å². The molecule has 1 saturated heterocycles. The fourth-order valence-corrected chi connectivity index (χ4v) is 2.61. The number of ether oxygens (including phenoxy) is 2. The molecule has 1 aromatic rings. The summed E-state index contributed by atoms with van der Waals surface area (Å²) in [6.07, 6.45) is 4.46. The van der Waals surface area contributed by atoms with E-state index in [9.17, 15) is 4.79 Å². The highest BCUT2D eigenvalue weighted by atomic mass is 32.1. The molecule has 1 aliphatic rings. The molecule has 94 valence electrons. The summed E-state index contributed by atoms with van der Waals surface area (Å²) >= 11 is 1.32. The van der Waals surface area contributed by atoms with Crippen LogP contribution < -0.4 is 5.73 Å². The summed E-state index contributed by atoms with van der Waals surface area (Å²) in [5, 5.41) is 1.79. The number of nitrogen functional groups attached to an aromatic ring is 1. The Balaban J connectivity index is 1.65. The number of thiophene rings is 1. The zero-order valence-electron chi connectivity index (χ0n) is 9.69. The largest absolute Gasteiger partial charge is 0.461 e. The van der Waals surface area contributed by atoms with Crippen LogP contribution in [-0.2, 0) is 9.47 Å². The van der Waals surface area contributed by atoms with Crippen molar-refractivity contribution in [2.75, 3.05) is 18.9 Å². The minimum absolute atomic E-state index is 0.315. The molecule has 1 aliphatic heterocycles. The fraction of sp³-hybridized carbons (Fsp3) is 0.583. The molecule has 0 saturated carbocycles. The van der Waals surface area contributed by atoms with E-state index in [0.717, 1.165) is 32.3 Å². The first-order valence-corrected chi connectivity index (χ1v) is 6.77. The Morgan fingerprint density at radius 1 is 1.65 bits per heavy atom. The van der Waals surface area contributed by atoms with Gasteiger partial charge in [-0.3, -0.25) is 0 Å². The number of rotatable bonds is 5. The lowest BCUT2D eigenvalue weighted by Crippen LogP contribution is -2.10. The van der Waals surface area contributed by atoms with E-state index in [1.807, 2.05) is 0 Å². The van der Waals surface area contributed by atoms with E-state index in [4.69, 9.17) is 15.2 Å². The molecule has 0 amide bonds. The van der Waals surface area contributed by atoms with Gasteiger partial charge in [0.05, 0.1) is 18.4 Å². The molecule has 0 aromatic carbocycles. The Labute approximate surface area is 105 Å². The van der Waals surface area contributed by atoms with Gasteiger partial charge in [0.2, 0.25) is 0 Å². The Bertz CT molecular complexity index is 372. The number of esters is 1. The van der Waals surface area contributed by atoms with Gasteiger partial charge in [0.25, 0.3) is 0 Å². The lowest BCUT2D eigenvalue weighted by atomic mass is 10.1. The van der Waals surface area contributed by atoms with Gasteiger partial charge in [0.1, 0.15) is 4.88 Å². The first-order valence-electron chi connectivity index (χ1n) is 5.89. The highest BCUT2D eigenvalue weighted by Crippen LogP contribution is 2.20. The summed E-state index contributed by atoms with van der Waals surface area (Å²) in [5.74, 6) is -0.315. The molecular formula is C12H17NO3S. The first kappa shape index (κ1) is 12.4. The highest BCUT2D eigenvalue weighted by Gasteiger charge is 2.16. The predicted molar refractivity (Wildman–Crippen MR) is 67.2 cm³/mol. The van der Waals surface area contributed by atoms with E-state index < -0.39 is 0 Å². The number of carbonyl (C=O) groups excluding carboxylic acids is 1. The smallest absolute Gasteiger partial charge is 0.350 e. The Morgan fingerprint density at radius 3 is 3.18 bits per heavy atom. The molecule has 4 nitrogen and oxygen atoms in total. The van der Waals surface area contributed by atoms with Crippen LogP contribution in [0.2, 0.25) is 0 Å². The predicted octanol–water partition coefficient (Wildman–Crippen LogP) is 2.45. The van der Waals surface area contributed by atoms with Crippen molar-refractivity contribution in [2.24, 2.45) is 0 Å². The molecule has 17 heavy (non-hydrogen) atoms. The molecule has 1 aromatic heterocycles. The molecule has 2 N–H and O–H groups in total. The third kappa shape index (κ3) is 3.44. The topological polar surface area (TPSA) is 61.6 Å².